The summed E-state index contributed by atoms with van der Waals surface area (Å²) in [4.78, 5) is 8.40. The summed E-state index contributed by atoms with van der Waals surface area (Å²) in [5.41, 5.74) is 2.83. The first-order valence-corrected chi connectivity index (χ1v) is 5.45. The molecule has 78 valence electrons. The molecule has 2 rings (SSSR count). The molecule has 0 bridgehead atoms. The minimum absolute atomic E-state index is 0.610. The average molecular weight is 221 g/mol. The number of ether oxygens (including phenoxy) is 1. The van der Waals surface area contributed by atoms with Crippen molar-refractivity contribution in [2.24, 2.45) is 0 Å². The minimum atomic E-state index is 0.610. The summed E-state index contributed by atoms with van der Waals surface area (Å²) >= 11 is 1.59. The van der Waals surface area contributed by atoms with Crippen molar-refractivity contribution in [3.63, 3.8) is 0 Å². The maximum atomic E-state index is 5.03. The molecule has 0 aliphatic rings. The molecule has 2 aromatic rings. The summed E-state index contributed by atoms with van der Waals surface area (Å²) in [7, 11) is 1.60. The Morgan fingerprint density at radius 1 is 1.47 bits per heavy atom. The van der Waals surface area contributed by atoms with E-state index in [1.807, 2.05) is 29.1 Å². The number of nitrogens with one attached hydrogen (secondary N) is 1. The van der Waals surface area contributed by atoms with E-state index in [0.717, 1.165) is 11.5 Å². The van der Waals surface area contributed by atoms with Crippen LogP contribution in [0.1, 0.15) is 5.69 Å². The van der Waals surface area contributed by atoms with E-state index in [1.54, 1.807) is 18.4 Å². The first-order valence-electron chi connectivity index (χ1n) is 4.50. The molecule has 0 saturated carbocycles. The van der Waals surface area contributed by atoms with Crippen LogP contribution in [-0.2, 0) is 6.54 Å². The van der Waals surface area contributed by atoms with Crippen LogP contribution in [0.5, 0.6) is 5.88 Å². The smallest absolute Gasteiger partial charge is 0.214 e. The topological polar surface area (TPSA) is 47.0 Å². The molecule has 5 heteroatoms. The van der Waals surface area contributed by atoms with Crippen LogP contribution in [0, 0.1) is 0 Å². The zero-order valence-electron chi connectivity index (χ0n) is 8.30. The molecular formula is C10H11N3OS. The summed E-state index contributed by atoms with van der Waals surface area (Å²) in [6.07, 6.45) is 0. The normalized spacial score (nSPS) is 9.93. The number of pyridine rings is 1. The van der Waals surface area contributed by atoms with Crippen molar-refractivity contribution < 1.29 is 4.74 Å². The van der Waals surface area contributed by atoms with Crippen molar-refractivity contribution in [1.29, 1.82) is 0 Å². The molecule has 15 heavy (non-hydrogen) atoms. The zero-order valence-corrected chi connectivity index (χ0v) is 9.12. The van der Waals surface area contributed by atoms with Crippen LogP contribution >= 0.6 is 11.3 Å². The van der Waals surface area contributed by atoms with Crippen LogP contribution in [0.2, 0.25) is 0 Å². The van der Waals surface area contributed by atoms with Crippen molar-refractivity contribution in [1.82, 2.24) is 9.97 Å². The first-order chi connectivity index (χ1) is 7.38. The second kappa shape index (κ2) is 4.75. The third-order valence-corrected chi connectivity index (χ3v) is 2.50. The minimum Gasteiger partial charge on any atom is -0.481 e. The Hall–Kier alpha value is -1.62. The van der Waals surface area contributed by atoms with Gasteiger partial charge in [0.25, 0.3) is 0 Å². The second-order valence-corrected chi connectivity index (χ2v) is 3.62. The monoisotopic (exact) mass is 221 g/mol. The lowest BCUT2D eigenvalue weighted by atomic mass is 10.4. The van der Waals surface area contributed by atoms with Gasteiger partial charge in [-0.3, -0.25) is 0 Å². The van der Waals surface area contributed by atoms with Gasteiger partial charge in [-0.25, -0.2) is 4.98 Å². The highest BCUT2D eigenvalue weighted by Crippen LogP contribution is 2.11. The van der Waals surface area contributed by atoms with E-state index in [9.17, 15) is 0 Å². The van der Waals surface area contributed by atoms with Gasteiger partial charge in [-0.15, -0.1) is 11.3 Å². The highest BCUT2D eigenvalue weighted by atomic mass is 32.1. The summed E-state index contributed by atoms with van der Waals surface area (Å²) in [6.45, 7) is 0.684. The molecule has 0 aliphatic carbocycles. The standard InChI is InChI=1S/C10H11N3OS/c1-14-10-4-2-3-9(13-10)11-5-8-6-15-7-12-8/h2-4,6-7H,5H2,1H3,(H,11,13). The highest BCUT2D eigenvalue weighted by molar-refractivity contribution is 7.07. The van der Waals surface area contributed by atoms with Crippen molar-refractivity contribution in [2.75, 3.05) is 12.4 Å². The zero-order chi connectivity index (χ0) is 10.5. The summed E-state index contributed by atoms with van der Waals surface area (Å²) in [6, 6.07) is 5.61. The van der Waals surface area contributed by atoms with E-state index >= 15 is 0 Å². The lowest BCUT2D eigenvalue weighted by Gasteiger charge is -2.04. The Bertz CT molecular complexity index is 416. The Balaban J connectivity index is 1.98. The van der Waals surface area contributed by atoms with Gasteiger partial charge in [0.15, 0.2) is 0 Å². The van der Waals surface area contributed by atoms with Crippen LogP contribution in [-0.4, -0.2) is 17.1 Å². The van der Waals surface area contributed by atoms with Crippen LogP contribution < -0.4 is 10.1 Å². The number of hydrogen-bond donors (Lipinski definition) is 1. The number of aromatic nitrogens is 2. The predicted molar refractivity (Wildman–Crippen MR) is 60.2 cm³/mol. The van der Waals surface area contributed by atoms with Gasteiger partial charge in [0, 0.05) is 11.4 Å². The van der Waals surface area contributed by atoms with Gasteiger partial charge in [-0.2, -0.15) is 4.98 Å². The highest BCUT2D eigenvalue weighted by Gasteiger charge is 1.98. The third-order valence-electron chi connectivity index (χ3n) is 1.87. The lowest BCUT2D eigenvalue weighted by molar-refractivity contribution is 0.398. The lowest BCUT2D eigenvalue weighted by Crippen LogP contribution is -2.01. The number of methoxy groups -OCH3 is 1. The summed E-state index contributed by atoms with van der Waals surface area (Å²) < 4.78 is 5.03. The molecule has 4 nitrogen and oxygen atoms in total. The predicted octanol–water partition coefficient (Wildman–Crippen LogP) is 2.16. The van der Waals surface area contributed by atoms with Gasteiger partial charge in [0.1, 0.15) is 5.82 Å². The molecular weight excluding hydrogens is 210 g/mol. The SMILES string of the molecule is COc1cccc(NCc2cscn2)n1. The quantitative estimate of drug-likeness (QED) is 0.859. The van der Waals surface area contributed by atoms with E-state index in [4.69, 9.17) is 4.74 Å². The van der Waals surface area contributed by atoms with Crippen molar-refractivity contribution >= 4 is 17.2 Å². The van der Waals surface area contributed by atoms with Gasteiger partial charge in [-0.05, 0) is 6.07 Å². The molecule has 0 radical (unpaired) electrons. The average Bonchev–Trinajstić information content (AvgIpc) is 2.79. The fourth-order valence-corrected chi connectivity index (χ4v) is 1.69. The van der Waals surface area contributed by atoms with Crippen molar-refractivity contribution in [3.05, 3.63) is 34.8 Å². The molecule has 1 N–H and O–H groups in total. The number of rotatable bonds is 4. The fourth-order valence-electron chi connectivity index (χ4n) is 1.13. The Morgan fingerprint density at radius 2 is 2.40 bits per heavy atom. The van der Waals surface area contributed by atoms with E-state index in [1.165, 1.54) is 0 Å². The van der Waals surface area contributed by atoms with Crippen LogP contribution in [0.15, 0.2) is 29.1 Å². The van der Waals surface area contributed by atoms with Crippen molar-refractivity contribution in [3.8, 4) is 5.88 Å². The molecule has 0 saturated heterocycles. The number of anilines is 1. The molecule has 0 spiro atoms. The van der Waals surface area contributed by atoms with Gasteiger partial charge in [-0.1, -0.05) is 6.07 Å². The molecule has 0 unspecified atom stereocenters. The van der Waals surface area contributed by atoms with Crippen LogP contribution in [0.25, 0.3) is 0 Å². The summed E-state index contributed by atoms with van der Waals surface area (Å²) in [5.74, 6) is 1.40. The largest absolute Gasteiger partial charge is 0.481 e. The van der Waals surface area contributed by atoms with Crippen LogP contribution in [0.3, 0.4) is 0 Å². The maximum absolute atomic E-state index is 5.03. The Kier molecular flexibility index (Phi) is 3.14. The molecule has 0 fully saturated rings. The number of hydrogen-bond acceptors (Lipinski definition) is 5. The van der Waals surface area contributed by atoms with E-state index < -0.39 is 0 Å². The van der Waals surface area contributed by atoms with Crippen LogP contribution in [0.4, 0.5) is 5.82 Å². The maximum Gasteiger partial charge on any atom is 0.214 e. The Labute approximate surface area is 92.0 Å². The third kappa shape index (κ3) is 2.66. The van der Waals surface area contributed by atoms with Gasteiger partial charge in [0.05, 0.1) is 24.9 Å². The second-order valence-electron chi connectivity index (χ2n) is 2.90. The van der Waals surface area contributed by atoms with Gasteiger partial charge >= 0.3 is 0 Å². The van der Waals surface area contributed by atoms with E-state index in [2.05, 4.69) is 15.3 Å². The van der Waals surface area contributed by atoms with E-state index in [-0.39, 0.29) is 0 Å². The molecule has 2 heterocycles. The molecule has 0 amide bonds. The molecule has 2 aromatic heterocycles. The van der Waals surface area contributed by atoms with E-state index in [0.29, 0.717) is 12.4 Å². The molecule has 0 aliphatic heterocycles. The van der Waals surface area contributed by atoms with Crippen molar-refractivity contribution in [2.45, 2.75) is 6.54 Å². The Morgan fingerprint density at radius 3 is 3.13 bits per heavy atom. The first kappa shape index (κ1) is 9.92. The van der Waals surface area contributed by atoms with Gasteiger partial charge < -0.3 is 10.1 Å². The molecule has 0 aromatic carbocycles. The fraction of sp³-hybridized carbons (Fsp3) is 0.200. The molecule has 0 atom stereocenters. The summed E-state index contributed by atoms with van der Waals surface area (Å²) in [5, 5.41) is 5.18. The number of nitrogens with zero attached hydrogens (tertiary/aromatic N) is 2. The number of thiazole rings is 1. The van der Waals surface area contributed by atoms with Gasteiger partial charge in [0.2, 0.25) is 5.88 Å².